The van der Waals surface area contributed by atoms with Crippen molar-refractivity contribution >= 4 is 51.1 Å². The average Bonchev–Trinajstić information content (AvgIpc) is 3.46. The van der Waals surface area contributed by atoms with Gasteiger partial charge in [0.25, 0.3) is 11.8 Å². The maximum atomic E-state index is 12.8. The van der Waals surface area contributed by atoms with E-state index in [0.717, 1.165) is 16.8 Å². The molecule has 0 saturated heterocycles. The molecule has 2 amide bonds. The van der Waals surface area contributed by atoms with Gasteiger partial charge in [-0.1, -0.05) is 41.9 Å². The number of carbonyl (C=O) groups is 2. The number of nitrogens with one attached hydrogen (secondary N) is 3. The summed E-state index contributed by atoms with van der Waals surface area (Å²) in [7, 11) is 0. The second-order valence-corrected chi connectivity index (χ2v) is 8.94. The van der Waals surface area contributed by atoms with Gasteiger partial charge in [0, 0.05) is 11.7 Å². The van der Waals surface area contributed by atoms with Crippen LogP contribution >= 0.6 is 22.9 Å². The minimum absolute atomic E-state index is 0.0766. The molecule has 0 bridgehead atoms. The van der Waals surface area contributed by atoms with Crippen LogP contribution in [0.5, 0.6) is 0 Å². The predicted octanol–water partition coefficient (Wildman–Crippen LogP) is 6.98. The Hall–Kier alpha value is -3.55. The maximum Gasteiger partial charge on any atom is 0.291 e. The lowest BCUT2D eigenvalue weighted by Crippen LogP contribution is -2.12. The molecule has 3 N–H and O–H groups in total. The lowest BCUT2D eigenvalue weighted by Gasteiger charge is -2.17. The van der Waals surface area contributed by atoms with Crippen molar-refractivity contribution in [2.24, 2.45) is 0 Å². The Morgan fingerprint density at radius 2 is 1.76 bits per heavy atom. The van der Waals surface area contributed by atoms with Crippen LogP contribution < -0.4 is 16.0 Å². The molecule has 0 aliphatic rings. The van der Waals surface area contributed by atoms with Crippen molar-refractivity contribution in [3.05, 3.63) is 99.8 Å². The van der Waals surface area contributed by atoms with Crippen LogP contribution in [0, 0.1) is 6.92 Å². The van der Waals surface area contributed by atoms with Crippen molar-refractivity contribution in [2.75, 3.05) is 16.0 Å². The van der Waals surface area contributed by atoms with Gasteiger partial charge in [0.2, 0.25) is 0 Å². The van der Waals surface area contributed by atoms with Crippen LogP contribution in [-0.2, 0) is 0 Å². The minimum atomic E-state index is -0.368. The smallest absolute Gasteiger partial charge is 0.291 e. The van der Waals surface area contributed by atoms with Gasteiger partial charge in [-0.05, 0) is 61.4 Å². The monoisotopic (exact) mass is 479 g/mol. The van der Waals surface area contributed by atoms with Crippen molar-refractivity contribution in [2.45, 2.75) is 19.9 Å². The van der Waals surface area contributed by atoms with Gasteiger partial charge >= 0.3 is 0 Å². The van der Waals surface area contributed by atoms with Crippen LogP contribution in [0.3, 0.4) is 0 Å². The summed E-state index contributed by atoms with van der Waals surface area (Å²) in [4.78, 5) is 25.5. The molecule has 4 aromatic rings. The zero-order valence-corrected chi connectivity index (χ0v) is 19.6. The molecule has 0 saturated carbocycles. The topological polar surface area (TPSA) is 83.4 Å². The second kappa shape index (κ2) is 9.94. The van der Waals surface area contributed by atoms with E-state index in [0.29, 0.717) is 20.6 Å². The number of anilines is 3. The Balaban J connectivity index is 1.42. The minimum Gasteiger partial charge on any atom is -0.459 e. The van der Waals surface area contributed by atoms with Crippen LogP contribution in [0.15, 0.2) is 77.4 Å². The van der Waals surface area contributed by atoms with Gasteiger partial charge in [0.1, 0.15) is 0 Å². The van der Waals surface area contributed by atoms with Crippen molar-refractivity contribution < 1.29 is 14.0 Å². The first-order valence-corrected chi connectivity index (χ1v) is 11.5. The van der Waals surface area contributed by atoms with Gasteiger partial charge in [-0.2, -0.15) is 0 Å². The van der Waals surface area contributed by atoms with Crippen LogP contribution in [-0.4, -0.2) is 11.8 Å². The summed E-state index contributed by atoms with van der Waals surface area (Å²) < 4.78 is 5.10. The third kappa shape index (κ3) is 5.45. The highest BCUT2D eigenvalue weighted by atomic mass is 35.5. The van der Waals surface area contributed by atoms with E-state index in [1.807, 2.05) is 31.2 Å². The third-order valence-corrected chi connectivity index (χ3v) is 6.47. The van der Waals surface area contributed by atoms with Gasteiger partial charge in [0.05, 0.1) is 26.9 Å². The fourth-order valence-corrected chi connectivity index (χ4v) is 4.50. The van der Waals surface area contributed by atoms with Crippen LogP contribution in [0.1, 0.15) is 44.3 Å². The van der Waals surface area contributed by atoms with Crippen LogP contribution in [0.4, 0.5) is 16.4 Å². The van der Waals surface area contributed by atoms with Crippen LogP contribution in [0.2, 0.25) is 5.02 Å². The van der Waals surface area contributed by atoms with Crippen molar-refractivity contribution in [1.82, 2.24) is 0 Å². The zero-order chi connectivity index (χ0) is 23.4. The van der Waals surface area contributed by atoms with Gasteiger partial charge in [-0.25, -0.2) is 0 Å². The van der Waals surface area contributed by atoms with E-state index in [-0.39, 0.29) is 23.6 Å². The maximum absolute atomic E-state index is 12.8. The fraction of sp³-hybridized carbons (Fsp3) is 0.120. The summed E-state index contributed by atoms with van der Waals surface area (Å²) in [6.45, 7) is 3.88. The molecule has 168 valence electrons. The molecule has 0 spiro atoms. The number of halogens is 1. The average molecular weight is 480 g/mol. The van der Waals surface area contributed by atoms with E-state index in [2.05, 4.69) is 35.0 Å². The third-order valence-electron chi connectivity index (χ3n) is 5.00. The normalized spacial score (nSPS) is 11.6. The molecule has 0 aliphatic heterocycles. The molecular formula is C25H22ClN3O3S. The summed E-state index contributed by atoms with van der Waals surface area (Å²) in [5, 5.41) is 10.1. The van der Waals surface area contributed by atoms with E-state index < -0.39 is 0 Å². The highest BCUT2D eigenvalue weighted by Gasteiger charge is 2.17. The largest absolute Gasteiger partial charge is 0.459 e. The number of aryl methyl sites for hydroxylation is 1. The van der Waals surface area contributed by atoms with Gasteiger partial charge in [-0.15, -0.1) is 11.3 Å². The highest BCUT2D eigenvalue weighted by Crippen LogP contribution is 2.31. The molecule has 4 rings (SSSR count). The van der Waals surface area contributed by atoms with Crippen molar-refractivity contribution in [3.63, 3.8) is 0 Å². The van der Waals surface area contributed by atoms with E-state index in [1.54, 1.807) is 30.3 Å². The summed E-state index contributed by atoms with van der Waals surface area (Å²) in [5.41, 5.74) is 3.26. The molecule has 1 atom stereocenters. The van der Waals surface area contributed by atoms with E-state index in [9.17, 15) is 9.59 Å². The van der Waals surface area contributed by atoms with E-state index in [1.165, 1.54) is 17.6 Å². The Bertz CT molecular complexity index is 1270. The number of amides is 2. The molecule has 33 heavy (non-hydrogen) atoms. The first kappa shape index (κ1) is 22.6. The molecule has 2 heterocycles. The highest BCUT2D eigenvalue weighted by molar-refractivity contribution is 7.18. The van der Waals surface area contributed by atoms with Gasteiger partial charge < -0.3 is 20.4 Å². The fourth-order valence-electron chi connectivity index (χ4n) is 3.31. The first-order chi connectivity index (χ1) is 15.9. The number of furan rings is 1. The SMILES string of the molecule is Cc1cc(NC(=O)c2ccco2)sc1C(=O)Nc1ccc(NC(C)c2ccccc2)c(Cl)c1. The molecule has 1 unspecified atom stereocenters. The summed E-state index contributed by atoms with van der Waals surface area (Å²) in [6, 6.07) is 20.5. The van der Waals surface area contributed by atoms with Crippen molar-refractivity contribution in [1.29, 1.82) is 0 Å². The Morgan fingerprint density at radius 1 is 0.970 bits per heavy atom. The molecule has 0 radical (unpaired) electrons. The standard InChI is InChI=1S/C25H22ClN3O3S/c1-15-13-22(29-24(30)21-9-6-12-32-21)33-23(15)25(31)28-18-10-11-20(19(26)14-18)27-16(2)17-7-4-3-5-8-17/h3-14,16,27H,1-2H3,(H,28,31)(H,29,30). The molecule has 8 heteroatoms. The van der Waals surface area contributed by atoms with Gasteiger partial charge in [-0.3, -0.25) is 9.59 Å². The Kier molecular flexibility index (Phi) is 6.82. The first-order valence-electron chi connectivity index (χ1n) is 10.3. The summed E-state index contributed by atoms with van der Waals surface area (Å²) in [6.07, 6.45) is 1.43. The number of hydrogen-bond acceptors (Lipinski definition) is 5. The number of thiophene rings is 1. The zero-order valence-electron chi connectivity index (χ0n) is 18.0. The number of benzene rings is 2. The summed E-state index contributed by atoms with van der Waals surface area (Å²) >= 11 is 7.66. The summed E-state index contributed by atoms with van der Waals surface area (Å²) in [5.74, 6) is -0.435. The lowest BCUT2D eigenvalue weighted by atomic mass is 10.1. The van der Waals surface area contributed by atoms with E-state index in [4.69, 9.17) is 16.0 Å². The number of carbonyl (C=O) groups excluding carboxylic acids is 2. The molecule has 2 aromatic carbocycles. The van der Waals surface area contributed by atoms with Crippen LogP contribution in [0.25, 0.3) is 0 Å². The van der Waals surface area contributed by atoms with Gasteiger partial charge in [0.15, 0.2) is 5.76 Å². The lowest BCUT2D eigenvalue weighted by molar-refractivity contribution is 0.0995. The second-order valence-electron chi connectivity index (χ2n) is 7.48. The Labute approximate surface area is 200 Å². The molecule has 0 aliphatic carbocycles. The number of rotatable bonds is 7. The molecule has 6 nitrogen and oxygen atoms in total. The van der Waals surface area contributed by atoms with Crippen molar-refractivity contribution in [3.8, 4) is 0 Å². The predicted molar refractivity (Wildman–Crippen MR) is 134 cm³/mol. The number of hydrogen-bond donors (Lipinski definition) is 3. The molecular weight excluding hydrogens is 458 g/mol. The molecule has 2 aromatic heterocycles. The Morgan fingerprint density at radius 3 is 2.45 bits per heavy atom. The molecule has 0 fully saturated rings. The quantitative estimate of drug-likeness (QED) is 0.267. The van der Waals surface area contributed by atoms with E-state index >= 15 is 0 Å².